The lowest BCUT2D eigenvalue weighted by Gasteiger charge is -2.44. The number of aliphatic hydroxyl groups excluding tert-OH is 1. The highest BCUT2D eigenvalue weighted by molar-refractivity contribution is 5.83. The quantitative estimate of drug-likeness (QED) is 0.213. The number of nitrogens with zero attached hydrogens (tertiary/aromatic N) is 4. The van der Waals surface area contributed by atoms with Gasteiger partial charge < -0.3 is 29.5 Å². The lowest BCUT2D eigenvalue weighted by molar-refractivity contribution is -0.276. The number of carbonyl (C=O) groups is 2. The molecule has 0 aliphatic carbocycles. The lowest BCUT2D eigenvalue weighted by Crippen LogP contribution is -2.51. The SMILES string of the molecule is CC(=O)OC(C)C(=O)NCc1ccccc1-c1ccc(C2OC(CN3CCN(c4ncccn4)CC3)C(C)C(c3ccc(CO)cc3)O2)cc1. The molecule has 1 aromatic heterocycles. The molecule has 0 bridgehead atoms. The standard InChI is InChI=1S/C39H45N5O6/c1-26-35(24-43-19-21-44(22-20-43)39-40-17-6-18-41-39)49-38(50-36(26)31-11-9-29(25-45)10-12-31)32-15-13-30(14-16-32)34-8-5-4-7-33(34)23-42-37(47)27(2)48-28(3)46/h4-18,26-27,35-36,38,45H,19-25H2,1-3H3,(H,42,47). The van der Waals surface area contributed by atoms with Crippen LogP contribution in [0.25, 0.3) is 11.1 Å². The Labute approximate surface area is 293 Å². The Morgan fingerprint density at radius 3 is 2.28 bits per heavy atom. The van der Waals surface area contributed by atoms with E-state index in [9.17, 15) is 14.7 Å². The zero-order chi connectivity index (χ0) is 35.0. The first kappa shape index (κ1) is 35.2. The average molecular weight is 680 g/mol. The van der Waals surface area contributed by atoms with Gasteiger partial charge in [0, 0.05) is 70.1 Å². The third-order valence-electron chi connectivity index (χ3n) is 9.45. The number of aliphatic hydroxyl groups is 1. The van der Waals surface area contributed by atoms with E-state index in [1.807, 2.05) is 78.9 Å². The lowest BCUT2D eigenvalue weighted by atomic mass is 9.89. The zero-order valence-corrected chi connectivity index (χ0v) is 28.8. The van der Waals surface area contributed by atoms with Crippen molar-refractivity contribution in [3.05, 3.63) is 114 Å². The Morgan fingerprint density at radius 2 is 1.60 bits per heavy atom. The van der Waals surface area contributed by atoms with Crippen molar-refractivity contribution in [1.82, 2.24) is 20.2 Å². The van der Waals surface area contributed by atoms with E-state index >= 15 is 0 Å². The molecule has 6 rings (SSSR count). The maximum atomic E-state index is 12.5. The molecule has 2 N–H and O–H groups in total. The summed E-state index contributed by atoms with van der Waals surface area (Å²) in [7, 11) is 0. The van der Waals surface area contributed by atoms with Crippen molar-refractivity contribution in [2.45, 2.75) is 58.5 Å². The summed E-state index contributed by atoms with van der Waals surface area (Å²) in [5, 5.41) is 12.5. The number of piperazine rings is 1. The molecule has 3 aromatic carbocycles. The Kier molecular flexibility index (Phi) is 11.5. The minimum Gasteiger partial charge on any atom is -0.453 e. The third kappa shape index (κ3) is 8.54. The first-order valence-corrected chi connectivity index (χ1v) is 17.2. The van der Waals surface area contributed by atoms with Gasteiger partial charge in [0.25, 0.3) is 5.91 Å². The van der Waals surface area contributed by atoms with E-state index in [1.165, 1.54) is 6.92 Å². The van der Waals surface area contributed by atoms with Gasteiger partial charge in [-0.1, -0.05) is 79.7 Å². The Morgan fingerprint density at radius 1 is 0.920 bits per heavy atom. The first-order chi connectivity index (χ1) is 24.3. The fraction of sp³-hybridized carbons (Fsp3) is 0.385. The number of carbonyl (C=O) groups excluding carboxylic acids is 2. The van der Waals surface area contributed by atoms with Crippen molar-refractivity contribution in [1.29, 1.82) is 0 Å². The zero-order valence-electron chi connectivity index (χ0n) is 28.8. The van der Waals surface area contributed by atoms with Crippen molar-refractivity contribution in [3.8, 4) is 11.1 Å². The van der Waals surface area contributed by atoms with E-state index < -0.39 is 18.4 Å². The van der Waals surface area contributed by atoms with Crippen molar-refractivity contribution >= 4 is 17.8 Å². The molecule has 0 radical (unpaired) electrons. The molecule has 2 saturated heterocycles. The van der Waals surface area contributed by atoms with Crippen LogP contribution in [0.5, 0.6) is 0 Å². The first-order valence-electron chi connectivity index (χ1n) is 17.2. The number of hydrogen-bond acceptors (Lipinski definition) is 10. The van der Waals surface area contributed by atoms with Gasteiger partial charge in [-0.3, -0.25) is 14.5 Å². The molecule has 0 spiro atoms. The van der Waals surface area contributed by atoms with Gasteiger partial charge in [-0.25, -0.2) is 9.97 Å². The Balaban J connectivity index is 1.17. The number of rotatable bonds is 11. The van der Waals surface area contributed by atoms with Gasteiger partial charge in [0.2, 0.25) is 5.95 Å². The van der Waals surface area contributed by atoms with Gasteiger partial charge in [-0.2, -0.15) is 0 Å². The van der Waals surface area contributed by atoms with E-state index in [-0.39, 0.29) is 30.6 Å². The largest absolute Gasteiger partial charge is 0.453 e. The molecule has 5 atom stereocenters. The van der Waals surface area contributed by atoms with Gasteiger partial charge in [0.1, 0.15) is 0 Å². The molecular weight excluding hydrogens is 634 g/mol. The van der Waals surface area contributed by atoms with Crippen LogP contribution in [0.15, 0.2) is 91.3 Å². The van der Waals surface area contributed by atoms with Crippen LogP contribution in [0.1, 0.15) is 55.4 Å². The molecule has 11 nitrogen and oxygen atoms in total. The van der Waals surface area contributed by atoms with Crippen LogP contribution in [0.3, 0.4) is 0 Å². The molecule has 2 aliphatic rings. The van der Waals surface area contributed by atoms with E-state index in [0.29, 0.717) is 6.54 Å². The Hall–Kier alpha value is -4.68. The van der Waals surface area contributed by atoms with Crippen LogP contribution in [0.4, 0.5) is 5.95 Å². The summed E-state index contributed by atoms with van der Waals surface area (Å²) in [4.78, 5) is 37.3. The van der Waals surface area contributed by atoms with Crippen molar-refractivity contribution < 1.29 is 28.9 Å². The molecule has 1 amide bonds. The number of esters is 1. The second-order valence-corrected chi connectivity index (χ2v) is 12.9. The average Bonchev–Trinajstić information content (AvgIpc) is 3.15. The summed E-state index contributed by atoms with van der Waals surface area (Å²) in [5.74, 6) is -0.0121. The topological polar surface area (TPSA) is 126 Å². The summed E-state index contributed by atoms with van der Waals surface area (Å²) < 4.78 is 18.5. The summed E-state index contributed by atoms with van der Waals surface area (Å²) in [6.07, 6.45) is 1.82. The molecule has 4 aromatic rings. The van der Waals surface area contributed by atoms with Crippen molar-refractivity contribution in [3.63, 3.8) is 0 Å². The number of aromatic nitrogens is 2. The maximum Gasteiger partial charge on any atom is 0.303 e. The van der Waals surface area contributed by atoms with Crippen molar-refractivity contribution in [2.75, 3.05) is 37.6 Å². The number of anilines is 1. The molecular formula is C39H45N5O6. The second-order valence-electron chi connectivity index (χ2n) is 12.9. The van der Waals surface area contributed by atoms with E-state index in [0.717, 1.165) is 72.1 Å². The highest BCUT2D eigenvalue weighted by atomic mass is 16.7. The van der Waals surface area contributed by atoms with Crippen LogP contribution in [-0.4, -0.2) is 76.8 Å². The van der Waals surface area contributed by atoms with Gasteiger partial charge in [-0.05, 0) is 40.8 Å². The monoisotopic (exact) mass is 679 g/mol. The smallest absolute Gasteiger partial charge is 0.303 e. The van der Waals surface area contributed by atoms with Crippen LogP contribution in [-0.2, 0) is 37.0 Å². The predicted octanol–water partition coefficient (Wildman–Crippen LogP) is 4.82. The number of benzene rings is 3. The fourth-order valence-electron chi connectivity index (χ4n) is 6.57. The maximum absolute atomic E-state index is 12.5. The summed E-state index contributed by atoms with van der Waals surface area (Å²) in [5.41, 5.74) is 5.73. The second kappa shape index (κ2) is 16.4. The minimum absolute atomic E-state index is 0.00896. The van der Waals surface area contributed by atoms with E-state index in [2.05, 4.69) is 32.0 Å². The molecule has 50 heavy (non-hydrogen) atoms. The fourth-order valence-corrected chi connectivity index (χ4v) is 6.57. The summed E-state index contributed by atoms with van der Waals surface area (Å²) in [6.45, 7) is 9.52. The van der Waals surface area contributed by atoms with Crippen LogP contribution >= 0.6 is 0 Å². The minimum atomic E-state index is -0.870. The van der Waals surface area contributed by atoms with Gasteiger partial charge >= 0.3 is 5.97 Å². The van der Waals surface area contributed by atoms with E-state index in [1.54, 1.807) is 19.3 Å². The number of nitrogens with one attached hydrogen (secondary N) is 1. The number of ether oxygens (including phenoxy) is 3. The summed E-state index contributed by atoms with van der Waals surface area (Å²) >= 11 is 0. The van der Waals surface area contributed by atoms with Crippen LogP contribution in [0, 0.1) is 5.92 Å². The number of amides is 1. The predicted molar refractivity (Wildman–Crippen MR) is 189 cm³/mol. The van der Waals surface area contributed by atoms with Gasteiger partial charge in [0.05, 0.1) is 18.8 Å². The van der Waals surface area contributed by atoms with Gasteiger partial charge in [0.15, 0.2) is 12.4 Å². The van der Waals surface area contributed by atoms with E-state index in [4.69, 9.17) is 14.2 Å². The third-order valence-corrected chi connectivity index (χ3v) is 9.45. The van der Waals surface area contributed by atoms with Gasteiger partial charge in [-0.15, -0.1) is 0 Å². The molecule has 262 valence electrons. The Bertz CT molecular complexity index is 1710. The van der Waals surface area contributed by atoms with Crippen LogP contribution in [0.2, 0.25) is 0 Å². The molecule has 5 unspecified atom stereocenters. The van der Waals surface area contributed by atoms with Crippen LogP contribution < -0.4 is 10.2 Å². The molecule has 11 heteroatoms. The summed E-state index contributed by atoms with van der Waals surface area (Å²) in [6, 6.07) is 25.9. The highest BCUT2D eigenvalue weighted by Gasteiger charge is 2.39. The normalized spacial score (nSPS) is 21.7. The molecule has 2 fully saturated rings. The molecule has 3 heterocycles. The molecule has 2 aliphatic heterocycles. The highest BCUT2D eigenvalue weighted by Crippen LogP contribution is 2.42. The molecule has 0 saturated carbocycles. The van der Waals surface area contributed by atoms with Crippen molar-refractivity contribution in [2.24, 2.45) is 5.92 Å². The number of hydrogen-bond donors (Lipinski definition) is 2.